The molecule has 1 aliphatic heterocycles. The number of likely N-dealkylation sites (tertiary alicyclic amines) is 1. The van der Waals surface area contributed by atoms with Crippen LogP contribution in [0.1, 0.15) is 47.8 Å². The van der Waals surface area contributed by atoms with E-state index < -0.39 is 0 Å². The molecule has 6 nitrogen and oxygen atoms in total. The van der Waals surface area contributed by atoms with Gasteiger partial charge in [0.1, 0.15) is 5.82 Å². The maximum atomic E-state index is 14.0. The first-order valence-corrected chi connectivity index (χ1v) is 11.2. The molecule has 7 heteroatoms. The van der Waals surface area contributed by atoms with Crippen LogP contribution >= 0.6 is 0 Å². The van der Waals surface area contributed by atoms with Crippen LogP contribution in [-0.4, -0.2) is 39.7 Å². The lowest BCUT2D eigenvalue weighted by molar-refractivity contribution is 0.0900. The number of nitrogens with one attached hydrogen (secondary N) is 2. The molecule has 0 aliphatic carbocycles. The van der Waals surface area contributed by atoms with Crippen LogP contribution in [0.2, 0.25) is 0 Å². The molecule has 4 rings (SSSR count). The van der Waals surface area contributed by atoms with Crippen molar-refractivity contribution in [3.05, 3.63) is 87.6 Å². The predicted molar refractivity (Wildman–Crippen MR) is 123 cm³/mol. The van der Waals surface area contributed by atoms with Crippen molar-refractivity contribution >= 4 is 5.91 Å². The summed E-state index contributed by atoms with van der Waals surface area (Å²) < 4.78 is 15.5. The fraction of sp³-hybridized carbons (Fsp3) is 0.360. The molecule has 32 heavy (non-hydrogen) atoms. The summed E-state index contributed by atoms with van der Waals surface area (Å²) in [4.78, 5) is 27.2. The maximum absolute atomic E-state index is 14.0. The smallest absolute Gasteiger partial charge is 0.271 e. The highest BCUT2D eigenvalue weighted by molar-refractivity contribution is 5.94. The molecule has 3 aromatic rings. The summed E-state index contributed by atoms with van der Waals surface area (Å²) in [6.45, 7) is 4.18. The van der Waals surface area contributed by atoms with Crippen molar-refractivity contribution in [2.45, 2.75) is 45.2 Å². The summed E-state index contributed by atoms with van der Waals surface area (Å²) in [5, 5.41) is 6.22. The van der Waals surface area contributed by atoms with Gasteiger partial charge in [0.2, 0.25) is 0 Å². The molecule has 1 amide bonds. The molecule has 0 unspecified atom stereocenters. The lowest BCUT2D eigenvalue weighted by Crippen LogP contribution is -2.47. The Bertz CT molecular complexity index is 1120. The Labute approximate surface area is 187 Å². The fourth-order valence-corrected chi connectivity index (χ4v) is 4.25. The average molecular weight is 437 g/mol. The van der Waals surface area contributed by atoms with Gasteiger partial charge in [-0.3, -0.25) is 19.6 Å². The van der Waals surface area contributed by atoms with Gasteiger partial charge < -0.3 is 5.32 Å². The lowest BCUT2D eigenvalue weighted by Gasteiger charge is -2.33. The number of hydrogen-bond donors (Lipinski definition) is 2. The normalized spacial score (nSPS) is 16.8. The molecule has 1 aliphatic rings. The van der Waals surface area contributed by atoms with Gasteiger partial charge in [-0.05, 0) is 56.1 Å². The number of carbonyl (C=O) groups excluding carboxylic acids is 1. The van der Waals surface area contributed by atoms with E-state index in [0.29, 0.717) is 29.9 Å². The van der Waals surface area contributed by atoms with Crippen LogP contribution in [0.15, 0.2) is 59.4 Å². The number of aromatic nitrogens is 2. The highest BCUT2D eigenvalue weighted by atomic mass is 19.1. The molecule has 2 heterocycles. The molecule has 2 N–H and O–H groups in total. The molecule has 0 bridgehead atoms. The second kappa shape index (κ2) is 9.96. The minimum Gasteiger partial charge on any atom is -0.348 e. The minimum absolute atomic E-state index is 0.0188. The number of halogens is 1. The summed E-state index contributed by atoms with van der Waals surface area (Å²) in [6.07, 6.45) is 3.62. The van der Waals surface area contributed by atoms with Crippen molar-refractivity contribution in [1.29, 1.82) is 0 Å². The zero-order valence-corrected chi connectivity index (χ0v) is 18.3. The van der Waals surface area contributed by atoms with Gasteiger partial charge in [-0.2, -0.15) is 0 Å². The SMILES string of the molecule is CCCc1cc(=O)n(-c2ccc(C(=O)N[C@@H]3CCCN(Cc4ccccc4F)C3)cc2)[nH]1. The molecule has 1 saturated heterocycles. The number of H-pyrrole nitrogens is 1. The molecule has 1 fully saturated rings. The van der Waals surface area contributed by atoms with E-state index in [1.807, 2.05) is 6.07 Å². The van der Waals surface area contributed by atoms with Crippen LogP contribution in [0.4, 0.5) is 4.39 Å². The van der Waals surface area contributed by atoms with E-state index in [1.165, 1.54) is 10.7 Å². The van der Waals surface area contributed by atoms with Gasteiger partial charge in [-0.1, -0.05) is 31.5 Å². The monoisotopic (exact) mass is 436 g/mol. The highest BCUT2D eigenvalue weighted by Gasteiger charge is 2.22. The Morgan fingerprint density at radius 3 is 2.72 bits per heavy atom. The molecular formula is C25H29FN4O2. The molecular weight excluding hydrogens is 407 g/mol. The van der Waals surface area contributed by atoms with Gasteiger partial charge in [0, 0.05) is 42.0 Å². The van der Waals surface area contributed by atoms with Crippen LogP contribution in [-0.2, 0) is 13.0 Å². The van der Waals surface area contributed by atoms with Crippen LogP contribution < -0.4 is 10.9 Å². The van der Waals surface area contributed by atoms with Gasteiger partial charge in [0.25, 0.3) is 11.5 Å². The number of aryl methyl sites for hydroxylation is 1. The zero-order chi connectivity index (χ0) is 22.5. The summed E-state index contributed by atoms with van der Waals surface area (Å²) in [6, 6.07) is 15.5. The van der Waals surface area contributed by atoms with Crippen molar-refractivity contribution in [3.63, 3.8) is 0 Å². The number of aromatic amines is 1. The van der Waals surface area contributed by atoms with Crippen LogP contribution in [0.5, 0.6) is 0 Å². The third-order valence-electron chi connectivity index (χ3n) is 5.87. The van der Waals surface area contributed by atoms with Crippen molar-refractivity contribution in [2.24, 2.45) is 0 Å². The van der Waals surface area contributed by atoms with Crippen molar-refractivity contribution in [1.82, 2.24) is 20.0 Å². The Hall–Kier alpha value is -3.19. The first-order valence-electron chi connectivity index (χ1n) is 11.2. The van der Waals surface area contributed by atoms with Gasteiger partial charge in [-0.25, -0.2) is 9.07 Å². The number of piperidine rings is 1. The average Bonchev–Trinajstić information content (AvgIpc) is 3.16. The Morgan fingerprint density at radius 2 is 1.97 bits per heavy atom. The molecule has 168 valence electrons. The summed E-state index contributed by atoms with van der Waals surface area (Å²) in [5.41, 5.74) is 2.71. The second-order valence-electron chi connectivity index (χ2n) is 8.39. The van der Waals surface area contributed by atoms with Gasteiger partial charge >= 0.3 is 0 Å². The van der Waals surface area contributed by atoms with E-state index in [0.717, 1.165) is 37.9 Å². The molecule has 0 spiro atoms. The Balaban J connectivity index is 1.37. The van der Waals surface area contributed by atoms with E-state index in [9.17, 15) is 14.0 Å². The van der Waals surface area contributed by atoms with Crippen molar-refractivity contribution < 1.29 is 9.18 Å². The summed E-state index contributed by atoms with van der Waals surface area (Å²) >= 11 is 0. The first-order chi connectivity index (χ1) is 15.5. The number of amides is 1. The Kier molecular flexibility index (Phi) is 6.85. The Morgan fingerprint density at radius 1 is 1.19 bits per heavy atom. The zero-order valence-electron chi connectivity index (χ0n) is 18.3. The number of benzene rings is 2. The quantitative estimate of drug-likeness (QED) is 0.594. The predicted octanol–water partition coefficient (Wildman–Crippen LogP) is 3.65. The minimum atomic E-state index is -0.193. The number of carbonyl (C=O) groups is 1. The molecule has 2 aromatic carbocycles. The van der Waals surface area contributed by atoms with E-state index in [4.69, 9.17) is 0 Å². The summed E-state index contributed by atoms with van der Waals surface area (Å²) in [7, 11) is 0. The second-order valence-corrected chi connectivity index (χ2v) is 8.39. The van der Waals surface area contributed by atoms with Crippen LogP contribution in [0.3, 0.4) is 0 Å². The molecule has 0 radical (unpaired) electrons. The topological polar surface area (TPSA) is 70.1 Å². The third kappa shape index (κ3) is 5.16. The van der Waals surface area contributed by atoms with Crippen molar-refractivity contribution in [2.75, 3.05) is 13.1 Å². The first kappa shape index (κ1) is 22.0. The van der Waals surface area contributed by atoms with Gasteiger partial charge in [0.15, 0.2) is 0 Å². The highest BCUT2D eigenvalue weighted by Crippen LogP contribution is 2.16. The van der Waals surface area contributed by atoms with Gasteiger partial charge in [0.05, 0.1) is 5.69 Å². The van der Waals surface area contributed by atoms with E-state index in [1.54, 1.807) is 42.5 Å². The number of rotatable bonds is 7. The maximum Gasteiger partial charge on any atom is 0.271 e. The molecule has 1 atom stereocenters. The largest absolute Gasteiger partial charge is 0.348 e. The third-order valence-corrected chi connectivity index (χ3v) is 5.87. The standard InChI is InChI=1S/C25H29FN4O2/c1-2-6-20-15-24(31)30(28-20)22-12-10-18(11-13-22)25(32)27-21-8-5-14-29(17-21)16-19-7-3-4-9-23(19)26/h3-4,7,9-13,15,21,28H,2,5-6,8,14,16-17H2,1H3,(H,27,32)/t21-/m1/s1. The van der Waals surface area contributed by atoms with Gasteiger partial charge in [-0.15, -0.1) is 0 Å². The van der Waals surface area contributed by atoms with Crippen molar-refractivity contribution in [3.8, 4) is 5.69 Å². The van der Waals surface area contributed by atoms with E-state index in [-0.39, 0.29) is 23.3 Å². The molecule has 1 aromatic heterocycles. The lowest BCUT2D eigenvalue weighted by atomic mass is 10.0. The van der Waals surface area contributed by atoms with Crippen LogP contribution in [0.25, 0.3) is 5.69 Å². The molecule has 0 saturated carbocycles. The van der Waals surface area contributed by atoms with E-state index in [2.05, 4.69) is 22.2 Å². The summed E-state index contributed by atoms with van der Waals surface area (Å²) in [5.74, 6) is -0.332. The van der Waals surface area contributed by atoms with E-state index >= 15 is 0 Å². The fourth-order valence-electron chi connectivity index (χ4n) is 4.25. The van der Waals surface area contributed by atoms with Crippen LogP contribution in [0, 0.1) is 5.82 Å². The number of hydrogen-bond acceptors (Lipinski definition) is 3. The number of nitrogens with zero attached hydrogens (tertiary/aromatic N) is 2.